The molecule has 0 saturated carbocycles. The molecular weight excluding hydrogens is 302 g/mol. The quantitative estimate of drug-likeness (QED) is 0.548. The predicted molar refractivity (Wildman–Crippen MR) is 81.2 cm³/mol. The molecule has 0 fully saturated rings. The fourth-order valence-electron chi connectivity index (χ4n) is 1.71. The van der Waals surface area contributed by atoms with Crippen molar-refractivity contribution in [2.75, 3.05) is 13.2 Å². The van der Waals surface area contributed by atoms with Gasteiger partial charge in [-0.2, -0.15) is 0 Å². The van der Waals surface area contributed by atoms with Crippen molar-refractivity contribution >= 4 is 23.7 Å². The van der Waals surface area contributed by atoms with Crippen molar-refractivity contribution in [2.45, 2.75) is 19.4 Å². The molecule has 0 radical (unpaired) electrons. The SMILES string of the molecule is CCOC(=O)C[C@@H](NC(=O)CNC(=O)c1ccccc1)C(N)=O. The third-order valence-electron chi connectivity index (χ3n) is 2.80. The monoisotopic (exact) mass is 321 g/mol. The first-order valence-corrected chi connectivity index (χ1v) is 7.01. The van der Waals surface area contributed by atoms with E-state index in [4.69, 9.17) is 10.5 Å². The third kappa shape index (κ3) is 6.60. The number of amides is 3. The summed E-state index contributed by atoms with van der Waals surface area (Å²) in [5.74, 6) is -2.57. The number of hydrogen-bond acceptors (Lipinski definition) is 5. The van der Waals surface area contributed by atoms with Crippen LogP contribution in [0.5, 0.6) is 0 Å². The van der Waals surface area contributed by atoms with Gasteiger partial charge in [0, 0.05) is 5.56 Å². The minimum atomic E-state index is -1.19. The van der Waals surface area contributed by atoms with Crippen LogP contribution < -0.4 is 16.4 Å². The van der Waals surface area contributed by atoms with Crippen LogP contribution in [0.15, 0.2) is 30.3 Å². The Hall–Kier alpha value is -2.90. The molecule has 0 aliphatic rings. The van der Waals surface area contributed by atoms with E-state index in [2.05, 4.69) is 10.6 Å². The smallest absolute Gasteiger partial charge is 0.308 e. The highest BCUT2D eigenvalue weighted by atomic mass is 16.5. The normalized spacial score (nSPS) is 11.2. The number of nitrogens with one attached hydrogen (secondary N) is 2. The molecule has 8 nitrogen and oxygen atoms in total. The summed E-state index contributed by atoms with van der Waals surface area (Å²) in [6.07, 6.45) is -0.360. The molecule has 0 aromatic heterocycles. The lowest BCUT2D eigenvalue weighted by molar-refractivity contribution is -0.145. The van der Waals surface area contributed by atoms with Gasteiger partial charge in [0.05, 0.1) is 19.6 Å². The van der Waals surface area contributed by atoms with Crippen molar-refractivity contribution in [3.05, 3.63) is 35.9 Å². The standard InChI is InChI=1S/C15H19N3O5/c1-2-23-13(20)8-11(14(16)21)18-12(19)9-17-15(22)10-6-4-3-5-7-10/h3-7,11H,2,8-9H2,1H3,(H2,16,21)(H,17,22)(H,18,19)/t11-/m1/s1. The molecule has 1 atom stereocenters. The molecule has 8 heteroatoms. The molecule has 0 spiro atoms. The number of benzene rings is 1. The molecule has 0 bridgehead atoms. The summed E-state index contributed by atoms with van der Waals surface area (Å²) in [5, 5.41) is 4.69. The second kappa shape index (κ2) is 9.19. The Morgan fingerprint density at radius 2 is 1.83 bits per heavy atom. The highest BCUT2D eigenvalue weighted by Crippen LogP contribution is 1.98. The number of rotatable bonds is 8. The summed E-state index contributed by atoms with van der Waals surface area (Å²) in [6.45, 7) is 1.43. The van der Waals surface area contributed by atoms with Crippen molar-refractivity contribution in [2.24, 2.45) is 5.73 Å². The van der Waals surface area contributed by atoms with Gasteiger partial charge < -0.3 is 21.1 Å². The van der Waals surface area contributed by atoms with Gasteiger partial charge in [0.25, 0.3) is 5.91 Å². The van der Waals surface area contributed by atoms with Crippen LogP contribution in [0.1, 0.15) is 23.7 Å². The fourth-order valence-corrected chi connectivity index (χ4v) is 1.71. The zero-order chi connectivity index (χ0) is 17.2. The van der Waals surface area contributed by atoms with Crippen LogP contribution in [0.2, 0.25) is 0 Å². The van der Waals surface area contributed by atoms with E-state index in [0.717, 1.165) is 0 Å². The highest BCUT2D eigenvalue weighted by molar-refractivity contribution is 5.97. The molecule has 23 heavy (non-hydrogen) atoms. The van der Waals surface area contributed by atoms with Crippen LogP contribution in [0.3, 0.4) is 0 Å². The van der Waals surface area contributed by atoms with Gasteiger partial charge in [0.2, 0.25) is 11.8 Å². The molecule has 0 heterocycles. The van der Waals surface area contributed by atoms with E-state index in [1.54, 1.807) is 37.3 Å². The number of carbonyl (C=O) groups is 4. The molecule has 3 amide bonds. The lowest BCUT2D eigenvalue weighted by Crippen LogP contribution is -2.49. The van der Waals surface area contributed by atoms with Crippen molar-refractivity contribution in [3.8, 4) is 0 Å². The van der Waals surface area contributed by atoms with Gasteiger partial charge in [-0.05, 0) is 19.1 Å². The van der Waals surface area contributed by atoms with Crippen molar-refractivity contribution in [3.63, 3.8) is 0 Å². The average molecular weight is 321 g/mol. The predicted octanol–water partition coefficient (Wildman–Crippen LogP) is -0.660. The molecule has 1 rings (SSSR count). The molecule has 4 N–H and O–H groups in total. The van der Waals surface area contributed by atoms with E-state index in [1.165, 1.54) is 0 Å². The average Bonchev–Trinajstić information content (AvgIpc) is 2.53. The van der Waals surface area contributed by atoms with E-state index >= 15 is 0 Å². The van der Waals surface area contributed by atoms with Crippen LogP contribution in [0.25, 0.3) is 0 Å². The van der Waals surface area contributed by atoms with Gasteiger partial charge in [-0.25, -0.2) is 0 Å². The second-order valence-corrected chi connectivity index (χ2v) is 4.58. The number of primary amides is 1. The van der Waals surface area contributed by atoms with Crippen LogP contribution in [-0.4, -0.2) is 42.9 Å². The maximum absolute atomic E-state index is 11.8. The Balaban J connectivity index is 2.48. The number of esters is 1. The summed E-state index contributed by atoms with van der Waals surface area (Å²) in [5.41, 5.74) is 5.53. The van der Waals surface area contributed by atoms with Crippen molar-refractivity contribution in [1.82, 2.24) is 10.6 Å². The lowest BCUT2D eigenvalue weighted by atomic mass is 10.2. The number of carbonyl (C=O) groups excluding carboxylic acids is 4. The van der Waals surface area contributed by atoms with E-state index < -0.39 is 29.7 Å². The summed E-state index contributed by atoms with van der Waals surface area (Å²) in [6, 6.07) is 7.15. The van der Waals surface area contributed by atoms with E-state index in [-0.39, 0.29) is 19.6 Å². The van der Waals surface area contributed by atoms with E-state index in [9.17, 15) is 19.2 Å². The second-order valence-electron chi connectivity index (χ2n) is 4.58. The van der Waals surface area contributed by atoms with E-state index in [0.29, 0.717) is 5.56 Å². The zero-order valence-electron chi connectivity index (χ0n) is 12.7. The number of ether oxygens (including phenoxy) is 1. The minimum Gasteiger partial charge on any atom is -0.466 e. The first-order chi connectivity index (χ1) is 10.9. The molecule has 1 aromatic rings. The third-order valence-corrected chi connectivity index (χ3v) is 2.80. The Labute approximate surface area is 133 Å². The lowest BCUT2D eigenvalue weighted by Gasteiger charge is -2.15. The van der Waals surface area contributed by atoms with Gasteiger partial charge in [0.15, 0.2) is 0 Å². The summed E-state index contributed by atoms with van der Waals surface area (Å²) < 4.78 is 4.69. The molecule has 124 valence electrons. The summed E-state index contributed by atoms with van der Waals surface area (Å²) >= 11 is 0. The molecule has 0 aliphatic carbocycles. The van der Waals surface area contributed by atoms with Gasteiger partial charge in [-0.1, -0.05) is 18.2 Å². The summed E-state index contributed by atoms with van der Waals surface area (Å²) in [7, 11) is 0. The van der Waals surface area contributed by atoms with Crippen LogP contribution in [0, 0.1) is 0 Å². The highest BCUT2D eigenvalue weighted by Gasteiger charge is 2.22. The molecule has 0 aliphatic heterocycles. The maximum Gasteiger partial charge on any atom is 0.308 e. The zero-order valence-corrected chi connectivity index (χ0v) is 12.7. The molecule has 1 aromatic carbocycles. The van der Waals surface area contributed by atoms with Crippen LogP contribution in [0.4, 0.5) is 0 Å². The Morgan fingerprint density at radius 3 is 2.39 bits per heavy atom. The van der Waals surface area contributed by atoms with Gasteiger partial charge in [0.1, 0.15) is 6.04 Å². The topological polar surface area (TPSA) is 128 Å². The largest absolute Gasteiger partial charge is 0.466 e. The first-order valence-electron chi connectivity index (χ1n) is 7.01. The van der Waals surface area contributed by atoms with Gasteiger partial charge in [-0.15, -0.1) is 0 Å². The van der Waals surface area contributed by atoms with Gasteiger partial charge in [-0.3, -0.25) is 19.2 Å². The Kier molecular flexibility index (Phi) is 7.25. The van der Waals surface area contributed by atoms with E-state index in [1.807, 2.05) is 0 Å². The van der Waals surface area contributed by atoms with Crippen LogP contribution >= 0.6 is 0 Å². The van der Waals surface area contributed by atoms with Crippen molar-refractivity contribution < 1.29 is 23.9 Å². The molecule has 0 saturated heterocycles. The number of nitrogens with two attached hydrogens (primary N) is 1. The molecular formula is C15H19N3O5. The first kappa shape index (κ1) is 18.1. The minimum absolute atomic E-state index is 0.158. The van der Waals surface area contributed by atoms with Crippen LogP contribution in [-0.2, 0) is 19.1 Å². The Bertz CT molecular complexity index is 574. The molecule has 0 unspecified atom stereocenters. The number of hydrogen-bond donors (Lipinski definition) is 3. The Morgan fingerprint density at radius 1 is 1.17 bits per heavy atom. The maximum atomic E-state index is 11.8. The summed E-state index contributed by atoms with van der Waals surface area (Å²) in [4.78, 5) is 46.1. The fraction of sp³-hybridized carbons (Fsp3) is 0.333. The van der Waals surface area contributed by atoms with Gasteiger partial charge >= 0.3 is 5.97 Å². The van der Waals surface area contributed by atoms with Crippen molar-refractivity contribution in [1.29, 1.82) is 0 Å².